The normalized spacial score (nSPS) is 44.5. The molecule has 4 aliphatic carbocycles. The average molecular weight is 398 g/mol. The number of ether oxygens (including phenoxy) is 1. The summed E-state index contributed by atoms with van der Waals surface area (Å²) >= 11 is 0. The van der Waals surface area contributed by atoms with Crippen LogP contribution in [0.1, 0.15) is 79.1 Å². The molecule has 3 heteroatoms. The molecule has 160 valence electrons. The Hall–Kier alpha value is -1.27. The molecule has 0 amide bonds. The highest BCUT2D eigenvalue weighted by molar-refractivity contribution is 5.66. The molecule has 8 atom stereocenters. The van der Waals surface area contributed by atoms with Crippen LogP contribution in [0.2, 0.25) is 0 Å². The molecular weight excluding hydrogens is 358 g/mol. The first-order chi connectivity index (χ1) is 13.8. The standard InChI is InChI=1S/C26H39NO2/c1-6-15-27-17(2)22-9-10-23-21-8-7-19-16-20(29-18(3)28)11-13-25(19,4)24(21)12-14-26(22,23)5/h1,7,17,20-24,27H,8-16H2,2-5H3/t17-,20-,21-,22+,23-,24-,25-,26+/m0/s1. The Morgan fingerprint density at radius 3 is 2.79 bits per heavy atom. The summed E-state index contributed by atoms with van der Waals surface area (Å²) in [6, 6.07) is 0.502. The molecule has 29 heavy (non-hydrogen) atoms. The van der Waals surface area contributed by atoms with Crippen LogP contribution < -0.4 is 5.32 Å². The van der Waals surface area contributed by atoms with Crippen molar-refractivity contribution in [3.63, 3.8) is 0 Å². The summed E-state index contributed by atoms with van der Waals surface area (Å²) in [4.78, 5) is 11.4. The van der Waals surface area contributed by atoms with Gasteiger partial charge in [0.25, 0.3) is 0 Å². The molecule has 0 saturated heterocycles. The van der Waals surface area contributed by atoms with Gasteiger partial charge < -0.3 is 10.1 Å². The monoisotopic (exact) mass is 397 g/mol. The van der Waals surface area contributed by atoms with Crippen LogP contribution in [-0.4, -0.2) is 24.7 Å². The van der Waals surface area contributed by atoms with E-state index in [1.54, 1.807) is 5.57 Å². The van der Waals surface area contributed by atoms with E-state index in [-0.39, 0.29) is 12.1 Å². The lowest BCUT2D eigenvalue weighted by Gasteiger charge is -2.58. The summed E-state index contributed by atoms with van der Waals surface area (Å²) in [6.07, 6.45) is 17.9. The van der Waals surface area contributed by atoms with Crippen molar-refractivity contribution in [1.29, 1.82) is 0 Å². The minimum Gasteiger partial charge on any atom is -0.462 e. The highest BCUT2D eigenvalue weighted by Crippen LogP contribution is 2.66. The maximum absolute atomic E-state index is 11.4. The number of terminal acetylenes is 1. The van der Waals surface area contributed by atoms with Crippen molar-refractivity contribution in [3.05, 3.63) is 11.6 Å². The smallest absolute Gasteiger partial charge is 0.302 e. The molecule has 0 aromatic rings. The van der Waals surface area contributed by atoms with Gasteiger partial charge in [0.1, 0.15) is 6.10 Å². The Kier molecular flexibility index (Phi) is 5.62. The third kappa shape index (κ3) is 3.46. The summed E-state index contributed by atoms with van der Waals surface area (Å²) in [5, 5.41) is 3.59. The molecule has 0 aromatic carbocycles. The van der Waals surface area contributed by atoms with E-state index in [0.29, 0.717) is 23.4 Å². The largest absolute Gasteiger partial charge is 0.462 e. The van der Waals surface area contributed by atoms with Crippen LogP contribution in [0.5, 0.6) is 0 Å². The SMILES string of the molecule is C#CCN[C@@H](C)[C@H]1CC[C@H]2[C@@H]3CC=C4C[C@@H](OC(C)=O)CC[C@]4(C)[C@H]3CC[C@]12C. The zero-order valence-electron chi connectivity index (χ0n) is 18.8. The summed E-state index contributed by atoms with van der Waals surface area (Å²) in [7, 11) is 0. The number of allylic oxidation sites excluding steroid dienone is 1. The van der Waals surface area contributed by atoms with Gasteiger partial charge in [-0.15, -0.1) is 6.42 Å². The second-order valence-electron chi connectivity index (χ2n) is 10.8. The molecule has 4 rings (SSSR count). The first-order valence-corrected chi connectivity index (χ1v) is 11.8. The number of esters is 1. The molecule has 3 fully saturated rings. The van der Waals surface area contributed by atoms with Gasteiger partial charge in [0.2, 0.25) is 0 Å². The van der Waals surface area contributed by atoms with Gasteiger partial charge in [-0.05, 0) is 86.4 Å². The van der Waals surface area contributed by atoms with Crippen molar-refractivity contribution in [2.45, 2.75) is 91.2 Å². The lowest BCUT2D eigenvalue weighted by atomic mass is 9.47. The third-order valence-electron chi connectivity index (χ3n) is 9.59. The van der Waals surface area contributed by atoms with Gasteiger partial charge in [-0.2, -0.15) is 0 Å². The highest BCUT2D eigenvalue weighted by Gasteiger charge is 2.59. The molecule has 0 spiro atoms. The number of fused-ring (bicyclic) bond motifs is 5. The van der Waals surface area contributed by atoms with E-state index >= 15 is 0 Å². The second-order valence-corrected chi connectivity index (χ2v) is 10.8. The van der Waals surface area contributed by atoms with E-state index in [0.717, 1.165) is 36.5 Å². The zero-order chi connectivity index (χ0) is 20.8. The maximum atomic E-state index is 11.4. The molecule has 4 aliphatic rings. The van der Waals surface area contributed by atoms with Gasteiger partial charge >= 0.3 is 5.97 Å². The Balaban J connectivity index is 1.53. The number of carbonyl (C=O) groups excluding carboxylic acids is 1. The van der Waals surface area contributed by atoms with E-state index in [2.05, 4.69) is 38.1 Å². The lowest BCUT2D eigenvalue weighted by molar-refractivity contribution is -0.148. The Morgan fingerprint density at radius 2 is 2.07 bits per heavy atom. The van der Waals surface area contributed by atoms with Crippen LogP contribution in [0.3, 0.4) is 0 Å². The van der Waals surface area contributed by atoms with Crippen LogP contribution in [0, 0.1) is 46.8 Å². The van der Waals surface area contributed by atoms with Crippen LogP contribution in [0.25, 0.3) is 0 Å². The van der Waals surface area contributed by atoms with Crippen LogP contribution in [0.4, 0.5) is 0 Å². The average Bonchev–Trinajstić information content (AvgIpc) is 3.03. The van der Waals surface area contributed by atoms with Gasteiger partial charge in [0, 0.05) is 19.4 Å². The Morgan fingerprint density at radius 1 is 1.28 bits per heavy atom. The fraction of sp³-hybridized carbons (Fsp3) is 0.808. The summed E-state index contributed by atoms with van der Waals surface area (Å²) in [5.41, 5.74) is 2.34. The van der Waals surface area contributed by atoms with Gasteiger partial charge in [-0.1, -0.05) is 31.4 Å². The quantitative estimate of drug-likeness (QED) is 0.407. The topological polar surface area (TPSA) is 38.3 Å². The minimum absolute atomic E-state index is 0.0937. The Labute approximate surface area is 177 Å². The van der Waals surface area contributed by atoms with Gasteiger partial charge in [0.05, 0.1) is 6.54 Å². The number of carbonyl (C=O) groups is 1. The van der Waals surface area contributed by atoms with E-state index in [1.165, 1.54) is 45.4 Å². The van der Waals surface area contributed by atoms with Gasteiger partial charge in [-0.25, -0.2) is 0 Å². The lowest BCUT2D eigenvalue weighted by Crippen LogP contribution is -2.52. The van der Waals surface area contributed by atoms with E-state index in [9.17, 15) is 4.79 Å². The van der Waals surface area contributed by atoms with Crippen molar-refractivity contribution in [1.82, 2.24) is 5.32 Å². The number of hydrogen-bond donors (Lipinski definition) is 1. The maximum Gasteiger partial charge on any atom is 0.302 e. The molecule has 3 saturated carbocycles. The number of nitrogens with one attached hydrogen (secondary N) is 1. The molecular formula is C26H39NO2. The molecule has 0 unspecified atom stereocenters. The fourth-order valence-corrected chi connectivity index (χ4v) is 8.19. The van der Waals surface area contributed by atoms with Gasteiger partial charge in [0.15, 0.2) is 0 Å². The molecule has 0 radical (unpaired) electrons. The van der Waals surface area contributed by atoms with E-state index < -0.39 is 0 Å². The Bertz CT molecular complexity index is 721. The number of rotatable bonds is 4. The van der Waals surface area contributed by atoms with Crippen LogP contribution in [-0.2, 0) is 9.53 Å². The first-order valence-electron chi connectivity index (χ1n) is 11.8. The summed E-state index contributed by atoms with van der Waals surface area (Å²) in [6.45, 7) is 9.66. The van der Waals surface area contributed by atoms with Crippen LogP contribution in [0.15, 0.2) is 11.6 Å². The summed E-state index contributed by atoms with van der Waals surface area (Å²) < 4.78 is 5.58. The zero-order valence-corrected chi connectivity index (χ0v) is 18.8. The predicted molar refractivity (Wildman–Crippen MR) is 117 cm³/mol. The molecule has 0 aromatic heterocycles. The first kappa shape index (κ1) is 21.0. The third-order valence-corrected chi connectivity index (χ3v) is 9.59. The molecule has 0 aliphatic heterocycles. The van der Waals surface area contributed by atoms with E-state index in [1.807, 2.05) is 0 Å². The van der Waals surface area contributed by atoms with Gasteiger partial charge in [-0.3, -0.25) is 4.79 Å². The summed E-state index contributed by atoms with van der Waals surface area (Å²) in [5.74, 6) is 5.81. The highest BCUT2D eigenvalue weighted by atomic mass is 16.5. The minimum atomic E-state index is -0.133. The van der Waals surface area contributed by atoms with Crippen LogP contribution >= 0.6 is 0 Å². The fourth-order valence-electron chi connectivity index (χ4n) is 8.19. The molecule has 0 bridgehead atoms. The van der Waals surface area contributed by atoms with Crippen molar-refractivity contribution in [2.75, 3.05) is 6.54 Å². The van der Waals surface area contributed by atoms with Crippen molar-refractivity contribution in [2.24, 2.45) is 34.5 Å². The second kappa shape index (κ2) is 7.77. The number of hydrogen-bond acceptors (Lipinski definition) is 3. The van der Waals surface area contributed by atoms with Crippen molar-refractivity contribution in [3.8, 4) is 12.3 Å². The van der Waals surface area contributed by atoms with Crippen molar-refractivity contribution >= 4 is 5.97 Å². The molecule has 1 N–H and O–H groups in total. The van der Waals surface area contributed by atoms with Crippen molar-refractivity contribution < 1.29 is 9.53 Å². The molecule has 3 nitrogen and oxygen atoms in total. The van der Waals surface area contributed by atoms with E-state index in [4.69, 9.17) is 11.2 Å². The molecule has 0 heterocycles. The predicted octanol–water partition coefficient (Wildman–Crippen LogP) is 5.11.